The Hall–Kier alpha value is -0.970. The fourth-order valence-corrected chi connectivity index (χ4v) is 2.73. The average Bonchev–Trinajstić information content (AvgIpc) is 2.88. The van der Waals surface area contributed by atoms with Crippen molar-refractivity contribution in [2.75, 3.05) is 0 Å². The van der Waals surface area contributed by atoms with Crippen LogP contribution < -0.4 is 5.73 Å². The van der Waals surface area contributed by atoms with Gasteiger partial charge in [-0.1, -0.05) is 11.6 Å². The van der Waals surface area contributed by atoms with E-state index < -0.39 is 0 Å². The van der Waals surface area contributed by atoms with Crippen molar-refractivity contribution in [3.05, 3.63) is 34.1 Å². The molecular formula is C12H12ClN3S. The van der Waals surface area contributed by atoms with Gasteiger partial charge in [-0.3, -0.25) is 0 Å². The number of aromatic nitrogens is 2. The van der Waals surface area contributed by atoms with E-state index in [2.05, 4.69) is 9.97 Å². The first-order valence-electron chi connectivity index (χ1n) is 5.48. The third kappa shape index (κ3) is 2.08. The normalized spacial score (nSPS) is 17.1. The molecule has 0 spiro atoms. The molecule has 0 aliphatic heterocycles. The van der Waals surface area contributed by atoms with Crippen molar-refractivity contribution in [3.8, 4) is 10.6 Å². The molecule has 3 nitrogen and oxygen atoms in total. The molecule has 1 aliphatic carbocycles. The van der Waals surface area contributed by atoms with Gasteiger partial charge < -0.3 is 5.73 Å². The quantitative estimate of drug-likeness (QED) is 0.908. The van der Waals surface area contributed by atoms with E-state index in [1.807, 2.05) is 25.1 Å². The second kappa shape index (κ2) is 3.77. The lowest BCUT2D eigenvalue weighted by Crippen LogP contribution is -2.22. The molecule has 0 aromatic carbocycles. The van der Waals surface area contributed by atoms with Gasteiger partial charge in [0.1, 0.15) is 5.82 Å². The Morgan fingerprint density at radius 2 is 2.12 bits per heavy atom. The van der Waals surface area contributed by atoms with Crippen LogP contribution in [-0.2, 0) is 5.54 Å². The van der Waals surface area contributed by atoms with Crippen LogP contribution in [0, 0.1) is 6.92 Å². The molecule has 0 unspecified atom stereocenters. The Bertz CT molecular complexity index is 575. The fourth-order valence-electron chi connectivity index (χ4n) is 1.73. The van der Waals surface area contributed by atoms with Crippen molar-refractivity contribution in [2.24, 2.45) is 5.73 Å². The van der Waals surface area contributed by atoms with Crippen LogP contribution in [0.1, 0.15) is 24.4 Å². The van der Waals surface area contributed by atoms with Crippen LogP contribution in [-0.4, -0.2) is 9.97 Å². The highest BCUT2D eigenvalue weighted by Crippen LogP contribution is 2.41. The van der Waals surface area contributed by atoms with Gasteiger partial charge in [-0.15, -0.1) is 11.3 Å². The molecule has 1 fully saturated rings. The number of hydrogen-bond acceptors (Lipinski definition) is 4. The molecule has 0 amide bonds. The van der Waals surface area contributed by atoms with Crippen LogP contribution in [0.15, 0.2) is 18.2 Å². The summed E-state index contributed by atoms with van der Waals surface area (Å²) in [5.74, 6) is 0.761. The number of nitrogens with zero attached hydrogens (tertiary/aromatic N) is 2. The molecule has 5 heteroatoms. The molecule has 0 bridgehead atoms. The van der Waals surface area contributed by atoms with E-state index in [0.717, 1.165) is 39.3 Å². The first-order valence-corrected chi connectivity index (χ1v) is 6.67. The summed E-state index contributed by atoms with van der Waals surface area (Å²) in [5.41, 5.74) is 7.72. The molecule has 1 saturated carbocycles. The number of aryl methyl sites for hydroxylation is 1. The van der Waals surface area contributed by atoms with E-state index in [-0.39, 0.29) is 5.54 Å². The van der Waals surface area contributed by atoms with Crippen LogP contribution in [0.4, 0.5) is 0 Å². The van der Waals surface area contributed by atoms with Crippen molar-refractivity contribution in [2.45, 2.75) is 25.3 Å². The van der Waals surface area contributed by atoms with E-state index >= 15 is 0 Å². The maximum atomic E-state index is 6.14. The maximum absolute atomic E-state index is 6.14. The van der Waals surface area contributed by atoms with Crippen LogP contribution in [0.5, 0.6) is 0 Å². The number of hydrogen-bond donors (Lipinski definition) is 1. The van der Waals surface area contributed by atoms with Gasteiger partial charge in [0.05, 0.1) is 20.4 Å². The van der Waals surface area contributed by atoms with E-state index in [1.165, 1.54) is 11.3 Å². The largest absolute Gasteiger partial charge is 0.319 e. The monoisotopic (exact) mass is 265 g/mol. The van der Waals surface area contributed by atoms with Crippen molar-refractivity contribution >= 4 is 22.9 Å². The molecule has 2 aromatic rings. The Morgan fingerprint density at radius 1 is 1.35 bits per heavy atom. The summed E-state index contributed by atoms with van der Waals surface area (Å²) in [6.07, 6.45) is 1.95. The Balaban J connectivity index is 2.08. The summed E-state index contributed by atoms with van der Waals surface area (Å²) in [6, 6.07) is 5.83. The van der Waals surface area contributed by atoms with Crippen LogP contribution in [0.3, 0.4) is 0 Å². The highest BCUT2D eigenvalue weighted by molar-refractivity contribution is 7.19. The lowest BCUT2D eigenvalue weighted by Gasteiger charge is -2.09. The molecule has 88 valence electrons. The summed E-state index contributed by atoms with van der Waals surface area (Å²) in [5, 5.41) is 0. The predicted octanol–water partition coefficient (Wildman–Crippen LogP) is 3.11. The van der Waals surface area contributed by atoms with E-state index in [9.17, 15) is 0 Å². The zero-order valence-electron chi connectivity index (χ0n) is 9.40. The smallest absolute Gasteiger partial charge is 0.149 e. The van der Waals surface area contributed by atoms with Gasteiger partial charge in [0.25, 0.3) is 0 Å². The van der Waals surface area contributed by atoms with Gasteiger partial charge in [0.15, 0.2) is 0 Å². The van der Waals surface area contributed by atoms with Crippen molar-refractivity contribution in [1.82, 2.24) is 9.97 Å². The van der Waals surface area contributed by atoms with Gasteiger partial charge in [-0.25, -0.2) is 9.97 Å². The van der Waals surface area contributed by atoms with Crippen molar-refractivity contribution in [3.63, 3.8) is 0 Å². The van der Waals surface area contributed by atoms with Gasteiger partial charge in [-0.05, 0) is 38.0 Å². The lowest BCUT2D eigenvalue weighted by atomic mass is 10.2. The molecule has 0 radical (unpaired) electrons. The Morgan fingerprint density at radius 3 is 2.71 bits per heavy atom. The SMILES string of the molecule is Cc1cc(-c2ccc(Cl)s2)nc(C2(N)CC2)n1. The molecular weight excluding hydrogens is 254 g/mol. The van der Waals surface area contributed by atoms with Crippen LogP contribution in [0.2, 0.25) is 4.34 Å². The molecule has 0 atom stereocenters. The zero-order valence-corrected chi connectivity index (χ0v) is 11.0. The standard InChI is InChI=1S/C12H12ClN3S/c1-7-6-8(9-2-3-10(13)17-9)16-11(15-7)12(14)4-5-12/h2-3,6H,4-5,14H2,1H3. The summed E-state index contributed by atoms with van der Waals surface area (Å²) >= 11 is 7.47. The van der Waals surface area contributed by atoms with E-state index in [1.54, 1.807) is 0 Å². The van der Waals surface area contributed by atoms with Crippen LogP contribution >= 0.6 is 22.9 Å². The first kappa shape index (κ1) is 11.1. The Labute approximate surface area is 109 Å². The molecule has 1 aliphatic rings. The number of thiophene rings is 1. The third-order valence-corrected chi connectivity index (χ3v) is 4.17. The molecule has 3 rings (SSSR count). The molecule has 17 heavy (non-hydrogen) atoms. The first-order chi connectivity index (χ1) is 8.07. The van der Waals surface area contributed by atoms with E-state index in [0.29, 0.717) is 0 Å². The Kier molecular flexibility index (Phi) is 2.47. The predicted molar refractivity (Wildman–Crippen MR) is 70.2 cm³/mol. The second-order valence-electron chi connectivity index (χ2n) is 4.48. The molecule has 2 aromatic heterocycles. The average molecular weight is 266 g/mol. The summed E-state index contributed by atoms with van der Waals surface area (Å²) in [4.78, 5) is 10.1. The number of nitrogens with two attached hydrogens (primary N) is 1. The zero-order chi connectivity index (χ0) is 12.0. The minimum Gasteiger partial charge on any atom is -0.319 e. The summed E-state index contributed by atoms with van der Waals surface area (Å²) < 4.78 is 0.770. The highest BCUT2D eigenvalue weighted by atomic mass is 35.5. The third-order valence-electron chi connectivity index (χ3n) is 2.91. The van der Waals surface area contributed by atoms with Crippen molar-refractivity contribution in [1.29, 1.82) is 0 Å². The topological polar surface area (TPSA) is 51.8 Å². The van der Waals surface area contributed by atoms with Gasteiger partial charge in [0.2, 0.25) is 0 Å². The maximum Gasteiger partial charge on any atom is 0.149 e. The number of halogens is 1. The molecule has 2 heterocycles. The fraction of sp³-hybridized carbons (Fsp3) is 0.333. The summed E-state index contributed by atoms with van der Waals surface area (Å²) in [6.45, 7) is 1.97. The van der Waals surface area contributed by atoms with Gasteiger partial charge in [0, 0.05) is 5.69 Å². The number of rotatable bonds is 2. The van der Waals surface area contributed by atoms with E-state index in [4.69, 9.17) is 17.3 Å². The lowest BCUT2D eigenvalue weighted by molar-refractivity contribution is 0.669. The van der Waals surface area contributed by atoms with Crippen LogP contribution in [0.25, 0.3) is 10.6 Å². The minimum atomic E-state index is -0.290. The van der Waals surface area contributed by atoms with Gasteiger partial charge in [-0.2, -0.15) is 0 Å². The highest BCUT2D eigenvalue weighted by Gasteiger charge is 2.43. The summed E-state index contributed by atoms with van der Waals surface area (Å²) in [7, 11) is 0. The minimum absolute atomic E-state index is 0.290. The van der Waals surface area contributed by atoms with Gasteiger partial charge >= 0.3 is 0 Å². The molecule has 0 saturated heterocycles. The van der Waals surface area contributed by atoms with Crippen molar-refractivity contribution < 1.29 is 0 Å². The second-order valence-corrected chi connectivity index (χ2v) is 6.19. The molecule has 2 N–H and O–H groups in total.